The molecule has 0 spiro atoms. The molecule has 0 saturated heterocycles. The van der Waals surface area contributed by atoms with Gasteiger partial charge in [-0.2, -0.15) is 0 Å². The molecule has 0 aliphatic heterocycles. The van der Waals surface area contributed by atoms with Crippen LogP contribution in [0, 0.1) is 6.92 Å². The number of anilines is 1. The SMILES string of the molecule is Cc1ccc(-c2nc(CCNC(=O)Nc3cccc4ccccc34)co2)cc1. The van der Waals surface area contributed by atoms with Crippen molar-refractivity contribution in [1.82, 2.24) is 10.3 Å². The molecule has 1 heterocycles. The number of carbonyl (C=O) groups is 1. The van der Waals surface area contributed by atoms with Gasteiger partial charge in [-0.25, -0.2) is 9.78 Å². The third-order valence-electron chi connectivity index (χ3n) is 4.55. The minimum absolute atomic E-state index is 0.237. The molecular formula is C23H21N3O2. The number of nitrogens with one attached hydrogen (secondary N) is 2. The fourth-order valence-electron chi connectivity index (χ4n) is 3.06. The summed E-state index contributed by atoms with van der Waals surface area (Å²) in [6, 6.07) is 21.6. The number of hydrogen-bond acceptors (Lipinski definition) is 3. The summed E-state index contributed by atoms with van der Waals surface area (Å²) in [7, 11) is 0. The molecule has 2 N–H and O–H groups in total. The van der Waals surface area contributed by atoms with Crippen molar-refractivity contribution in [3.8, 4) is 11.5 Å². The van der Waals surface area contributed by atoms with E-state index in [-0.39, 0.29) is 6.03 Å². The first-order valence-electron chi connectivity index (χ1n) is 9.23. The molecule has 0 bridgehead atoms. The number of aromatic nitrogens is 1. The highest BCUT2D eigenvalue weighted by Crippen LogP contribution is 2.23. The van der Waals surface area contributed by atoms with Crippen LogP contribution in [-0.2, 0) is 6.42 Å². The van der Waals surface area contributed by atoms with Crippen LogP contribution < -0.4 is 10.6 Å². The smallest absolute Gasteiger partial charge is 0.319 e. The third-order valence-corrected chi connectivity index (χ3v) is 4.55. The largest absolute Gasteiger partial charge is 0.444 e. The summed E-state index contributed by atoms with van der Waals surface area (Å²) in [6.07, 6.45) is 2.23. The predicted molar refractivity (Wildman–Crippen MR) is 111 cm³/mol. The summed E-state index contributed by atoms with van der Waals surface area (Å²) in [5.74, 6) is 0.593. The first kappa shape index (κ1) is 17.8. The molecular weight excluding hydrogens is 350 g/mol. The van der Waals surface area contributed by atoms with E-state index in [1.807, 2.05) is 73.7 Å². The molecule has 4 aromatic rings. The summed E-state index contributed by atoms with van der Waals surface area (Å²) in [6.45, 7) is 2.51. The van der Waals surface area contributed by atoms with Gasteiger partial charge >= 0.3 is 6.03 Å². The summed E-state index contributed by atoms with van der Waals surface area (Å²) in [5, 5.41) is 7.89. The van der Waals surface area contributed by atoms with Crippen LogP contribution in [0.2, 0.25) is 0 Å². The van der Waals surface area contributed by atoms with Gasteiger partial charge in [0, 0.05) is 23.9 Å². The number of amides is 2. The van der Waals surface area contributed by atoms with Crippen molar-refractivity contribution in [1.29, 1.82) is 0 Å². The van der Waals surface area contributed by atoms with Gasteiger partial charge in [0.2, 0.25) is 5.89 Å². The summed E-state index contributed by atoms with van der Waals surface area (Å²) < 4.78 is 5.55. The second-order valence-electron chi connectivity index (χ2n) is 6.67. The van der Waals surface area contributed by atoms with Crippen molar-refractivity contribution in [2.24, 2.45) is 0 Å². The van der Waals surface area contributed by atoms with Gasteiger partial charge in [-0.3, -0.25) is 0 Å². The van der Waals surface area contributed by atoms with E-state index in [1.165, 1.54) is 5.56 Å². The van der Waals surface area contributed by atoms with Gasteiger partial charge in [-0.05, 0) is 30.5 Å². The molecule has 0 atom stereocenters. The Morgan fingerprint density at radius 2 is 1.79 bits per heavy atom. The molecule has 0 radical (unpaired) electrons. The number of hydrogen-bond donors (Lipinski definition) is 2. The van der Waals surface area contributed by atoms with E-state index < -0.39 is 0 Å². The molecule has 0 unspecified atom stereocenters. The van der Waals surface area contributed by atoms with Crippen LogP contribution in [0.25, 0.3) is 22.2 Å². The van der Waals surface area contributed by atoms with Crippen LogP contribution in [-0.4, -0.2) is 17.6 Å². The summed E-state index contributed by atoms with van der Waals surface area (Å²) in [5.41, 5.74) is 3.73. The number of rotatable bonds is 5. The quantitative estimate of drug-likeness (QED) is 0.509. The number of aryl methyl sites for hydroxylation is 1. The average Bonchev–Trinajstić information content (AvgIpc) is 3.18. The van der Waals surface area contributed by atoms with Crippen molar-refractivity contribution in [2.45, 2.75) is 13.3 Å². The monoisotopic (exact) mass is 371 g/mol. The molecule has 2 amide bonds. The van der Waals surface area contributed by atoms with E-state index in [1.54, 1.807) is 6.26 Å². The molecule has 28 heavy (non-hydrogen) atoms. The highest BCUT2D eigenvalue weighted by molar-refractivity contribution is 6.01. The van der Waals surface area contributed by atoms with E-state index >= 15 is 0 Å². The molecule has 5 nitrogen and oxygen atoms in total. The normalized spacial score (nSPS) is 10.8. The number of urea groups is 1. The molecule has 3 aromatic carbocycles. The van der Waals surface area contributed by atoms with Crippen LogP contribution in [0.4, 0.5) is 10.5 Å². The highest BCUT2D eigenvalue weighted by Gasteiger charge is 2.08. The lowest BCUT2D eigenvalue weighted by atomic mass is 10.1. The van der Waals surface area contributed by atoms with Gasteiger partial charge in [0.15, 0.2) is 0 Å². The molecule has 0 fully saturated rings. The Morgan fingerprint density at radius 1 is 1.00 bits per heavy atom. The van der Waals surface area contributed by atoms with Crippen LogP contribution in [0.5, 0.6) is 0 Å². The lowest BCUT2D eigenvalue weighted by molar-refractivity contribution is 0.252. The van der Waals surface area contributed by atoms with Gasteiger partial charge in [0.1, 0.15) is 6.26 Å². The molecule has 140 valence electrons. The van der Waals surface area contributed by atoms with Crippen LogP contribution in [0.3, 0.4) is 0 Å². The topological polar surface area (TPSA) is 67.2 Å². The third kappa shape index (κ3) is 4.04. The molecule has 0 aliphatic rings. The minimum atomic E-state index is -0.237. The van der Waals surface area contributed by atoms with E-state index in [9.17, 15) is 4.79 Å². The Hall–Kier alpha value is -3.60. The zero-order chi connectivity index (χ0) is 19.3. The molecule has 0 aliphatic carbocycles. The van der Waals surface area contributed by atoms with E-state index in [2.05, 4.69) is 15.6 Å². The molecule has 4 rings (SSSR count). The van der Waals surface area contributed by atoms with E-state index in [0.717, 1.165) is 27.7 Å². The van der Waals surface area contributed by atoms with E-state index in [4.69, 9.17) is 4.42 Å². The second kappa shape index (κ2) is 7.96. The molecule has 5 heteroatoms. The maximum atomic E-state index is 12.2. The minimum Gasteiger partial charge on any atom is -0.444 e. The van der Waals surface area contributed by atoms with Gasteiger partial charge in [-0.15, -0.1) is 0 Å². The van der Waals surface area contributed by atoms with Crippen LogP contribution in [0.15, 0.2) is 77.4 Å². The van der Waals surface area contributed by atoms with Gasteiger partial charge < -0.3 is 15.1 Å². The lowest BCUT2D eigenvalue weighted by Crippen LogP contribution is -2.30. The number of carbonyl (C=O) groups excluding carboxylic acids is 1. The van der Waals surface area contributed by atoms with Crippen molar-refractivity contribution < 1.29 is 9.21 Å². The average molecular weight is 371 g/mol. The van der Waals surface area contributed by atoms with Gasteiger partial charge in [0.25, 0.3) is 0 Å². The Morgan fingerprint density at radius 3 is 2.64 bits per heavy atom. The Kier molecular flexibility index (Phi) is 5.06. The lowest BCUT2D eigenvalue weighted by Gasteiger charge is -2.09. The standard InChI is InChI=1S/C23H21N3O2/c1-16-9-11-18(12-10-16)22-25-19(15-28-22)13-14-24-23(27)26-21-8-4-6-17-5-2-3-7-20(17)21/h2-12,15H,13-14H2,1H3,(H2,24,26,27). The Balaban J connectivity index is 1.33. The highest BCUT2D eigenvalue weighted by atomic mass is 16.3. The Labute approximate surface area is 163 Å². The number of oxazole rings is 1. The van der Waals surface area contributed by atoms with Crippen molar-refractivity contribution in [3.05, 3.63) is 84.3 Å². The fourth-order valence-corrected chi connectivity index (χ4v) is 3.06. The van der Waals surface area contributed by atoms with Gasteiger partial charge in [-0.1, -0.05) is 54.1 Å². The van der Waals surface area contributed by atoms with Crippen LogP contribution in [0.1, 0.15) is 11.3 Å². The Bertz CT molecular complexity index is 1100. The van der Waals surface area contributed by atoms with Crippen molar-refractivity contribution in [2.75, 3.05) is 11.9 Å². The number of nitrogens with zero attached hydrogens (tertiary/aromatic N) is 1. The summed E-state index contributed by atoms with van der Waals surface area (Å²) in [4.78, 5) is 16.7. The summed E-state index contributed by atoms with van der Waals surface area (Å²) >= 11 is 0. The predicted octanol–water partition coefficient (Wildman–Crippen LogP) is 5.17. The zero-order valence-electron chi connectivity index (χ0n) is 15.6. The number of fused-ring (bicyclic) bond motifs is 1. The number of benzene rings is 3. The molecule has 0 saturated carbocycles. The second-order valence-corrected chi connectivity index (χ2v) is 6.67. The first-order chi connectivity index (χ1) is 13.7. The van der Waals surface area contributed by atoms with E-state index in [0.29, 0.717) is 18.9 Å². The molecule has 1 aromatic heterocycles. The van der Waals surface area contributed by atoms with Crippen molar-refractivity contribution >= 4 is 22.5 Å². The maximum Gasteiger partial charge on any atom is 0.319 e. The zero-order valence-corrected chi connectivity index (χ0v) is 15.6. The first-order valence-corrected chi connectivity index (χ1v) is 9.23. The van der Waals surface area contributed by atoms with Crippen molar-refractivity contribution in [3.63, 3.8) is 0 Å². The van der Waals surface area contributed by atoms with Crippen LogP contribution >= 0.6 is 0 Å². The van der Waals surface area contributed by atoms with Gasteiger partial charge in [0.05, 0.1) is 11.4 Å². The maximum absolute atomic E-state index is 12.2. The fraction of sp³-hybridized carbons (Fsp3) is 0.130.